The van der Waals surface area contributed by atoms with Crippen LogP contribution in [-0.4, -0.2) is 24.9 Å². The number of benzene rings is 1. The third-order valence-electron chi connectivity index (χ3n) is 4.48. The molecule has 0 atom stereocenters. The van der Waals surface area contributed by atoms with Gasteiger partial charge in [0.15, 0.2) is 0 Å². The van der Waals surface area contributed by atoms with E-state index in [4.69, 9.17) is 16.0 Å². The lowest BCUT2D eigenvalue weighted by Crippen LogP contribution is -2.29. The predicted molar refractivity (Wildman–Crippen MR) is 111 cm³/mol. The zero-order chi connectivity index (χ0) is 18.1. The quantitative estimate of drug-likeness (QED) is 0.654. The van der Waals surface area contributed by atoms with Crippen LogP contribution in [0.25, 0.3) is 40.3 Å². The summed E-state index contributed by atoms with van der Waals surface area (Å²) in [5, 5.41) is 2.90. The lowest BCUT2D eigenvalue weighted by molar-refractivity contribution is 1.11. The minimum atomic E-state index is 0.846. The molecule has 0 saturated heterocycles. The molecule has 0 N–H and O–H groups in total. The Kier molecular flexibility index (Phi) is 4.45. The van der Waals surface area contributed by atoms with Crippen LogP contribution in [0.2, 0.25) is 0 Å². The van der Waals surface area contributed by atoms with Gasteiger partial charge in [-0.15, -0.1) is 0 Å². The van der Waals surface area contributed by atoms with Crippen LogP contribution in [0.1, 0.15) is 11.4 Å². The molecule has 0 unspecified atom stereocenters. The van der Waals surface area contributed by atoms with Crippen molar-refractivity contribution in [3.8, 4) is 11.1 Å². The molecule has 2 aromatic heterocycles. The summed E-state index contributed by atoms with van der Waals surface area (Å²) in [4.78, 5) is 0. The van der Waals surface area contributed by atoms with E-state index in [2.05, 4.69) is 25.8 Å². The van der Waals surface area contributed by atoms with E-state index in [0.29, 0.717) is 0 Å². The molecule has 0 aliphatic heterocycles. The summed E-state index contributed by atoms with van der Waals surface area (Å²) >= 11 is 0. The minimum absolute atomic E-state index is 0.846. The van der Waals surface area contributed by atoms with Gasteiger partial charge in [0.2, 0.25) is 16.0 Å². The van der Waals surface area contributed by atoms with Gasteiger partial charge in [0.25, 0.3) is 0 Å². The Labute approximate surface area is 150 Å². The zero-order valence-electron chi connectivity index (χ0n) is 14.4. The third-order valence-corrected chi connectivity index (χ3v) is 4.48. The van der Waals surface area contributed by atoms with Crippen molar-refractivity contribution in [2.45, 2.75) is 6.92 Å². The molecule has 3 rings (SSSR count). The first-order valence-electron chi connectivity index (χ1n) is 8.00. The van der Waals surface area contributed by atoms with Gasteiger partial charge in [0, 0.05) is 44.0 Å². The molecule has 0 aliphatic carbocycles. The maximum atomic E-state index is 6.32. The van der Waals surface area contributed by atoms with Crippen molar-refractivity contribution in [3.63, 3.8) is 0 Å². The van der Waals surface area contributed by atoms with Gasteiger partial charge in [-0.25, -0.2) is 0 Å². The molecule has 2 nitrogen and oxygen atoms in total. The summed E-state index contributed by atoms with van der Waals surface area (Å²) in [6.45, 7) is 13.6. The normalized spacial score (nSPS) is 12.7. The van der Waals surface area contributed by atoms with Crippen molar-refractivity contribution < 1.29 is 0 Å². The molecule has 0 fully saturated rings. The lowest BCUT2D eigenvalue weighted by atomic mass is 9.99. The summed E-state index contributed by atoms with van der Waals surface area (Å²) in [6.07, 6.45) is 9.10. The molecule has 4 heteroatoms. The van der Waals surface area contributed by atoms with E-state index in [-0.39, 0.29) is 0 Å². The molecular formula is C21H18B2N2. The largest absolute Gasteiger partial charge is 0.400 e. The third kappa shape index (κ3) is 2.45. The molecule has 0 saturated carbocycles. The highest BCUT2D eigenvalue weighted by Crippen LogP contribution is 2.34. The van der Waals surface area contributed by atoms with Crippen molar-refractivity contribution >= 4 is 45.1 Å². The fourth-order valence-electron chi connectivity index (χ4n) is 3.38. The number of hydrogen-bond acceptors (Lipinski definition) is 0. The second-order valence-corrected chi connectivity index (χ2v) is 5.79. The summed E-state index contributed by atoms with van der Waals surface area (Å²) in [5.41, 5.74) is 4.75. The highest BCUT2D eigenvalue weighted by Gasteiger charge is 2.19. The number of aromatic nitrogens is 2. The van der Waals surface area contributed by atoms with E-state index in [0.717, 1.165) is 44.0 Å². The van der Waals surface area contributed by atoms with Crippen molar-refractivity contribution in [3.05, 3.63) is 78.1 Å². The first-order chi connectivity index (χ1) is 12.1. The monoisotopic (exact) mass is 320 g/mol. The Morgan fingerprint density at radius 3 is 2.24 bits per heavy atom. The fraction of sp³-hybridized carbons (Fsp3) is 0.0476. The summed E-state index contributed by atoms with van der Waals surface area (Å²) in [6, 6.07) is 8.02. The van der Waals surface area contributed by atoms with Crippen molar-refractivity contribution in [2.24, 2.45) is 0 Å². The maximum absolute atomic E-state index is 6.32. The molecule has 0 aliphatic rings. The van der Waals surface area contributed by atoms with E-state index in [1.807, 2.05) is 37.3 Å². The SMILES string of the molecule is [B]n1c(C)c(-c2c(C=C)n([B])c3ccccc23)c(=C/C=C)/c1=C\C=C. The molecule has 25 heavy (non-hydrogen) atoms. The number of allylic oxidation sites excluding steroid dienone is 2. The van der Waals surface area contributed by atoms with Crippen LogP contribution in [0.15, 0.2) is 56.2 Å². The summed E-state index contributed by atoms with van der Waals surface area (Å²) in [5.74, 6) is 0. The maximum Gasteiger partial charge on any atom is 0.234 e. The van der Waals surface area contributed by atoms with Gasteiger partial charge >= 0.3 is 0 Å². The number of hydrogen-bond donors (Lipinski definition) is 0. The topological polar surface area (TPSA) is 9.86 Å². The molecule has 2 heterocycles. The van der Waals surface area contributed by atoms with Gasteiger partial charge in [-0.05, 0) is 25.1 Å². The van der Waals surface area contributed by atoms with Gasteiger partial charge < -0.3 is 8.96 Å². The summed E-state index contributed by atoms with van der Waals surface area (Å²) < 4.78 is 3.33. The van der Waals surface area contributed by atoms with Gasteiger partial charge in [-0.2, -0.15) is 0 Å². The highest BCUT2D eigenvalue weighted by atomic mass is 14.9. The van der Waals surface area contributed by atoms with Gasteiger partial charge in [-0.1, -0.05) is 56.2 Å². The van der Waals surface area contributed by atoms with Crippen LogP contribution < -0.4 is 10.6 Å². The number of rotatable bonds is 4. The van der Waals surface area contributed by atoms with Crippen LogP contribution in [0, 0.1) is 6.92 Å². The van der Waals surface area contributed by atoms with Crippen LogP contribution in [0.4, 0.5) is 0 Å². The van der Waals surface area contributed by atoms with E-state index in [1.54, 1.807) is 27.2 Å². The van der Waals surface area contributed by atoms with Crippen LogP contribution in [0.5, 0.6) is 0 Å². The fourth-order valence-corrected chi connectivity index (χ4v) is 3.38. The van der Waals surface area contributed by atoms with Gasteiger partial charge in [0.1, 0.15) is 0 Å². The molecule has 3 aromatic rings. The van der Waals surface area contributed by atoms with Gasteiger partial charge in [0.05, 0.1) is 0 Å². The molecule has 0 amide bonds. The summed E-state index contributed by atoms with van der Waals surface area (Å²) in [7, 11) is 12.6. The predicted octanol–water partition coefficient (Wildman–Crippen LogP) is 2.86. The second-order valence-electron chi connectivity index (χ2n) is 5.79. The van der Waals surface area contributed by atoms with Gasteiger partial charge in [-0.3, -0.25) is 0 Å². The Morgan fingerprint density at radius 2 is 1.60 bits per heavy atom. The molecule has 0 bridgehead atoms. The molecule has 1 aromatic carbocycles. The number of nitrogens with zero attached hydrogens (tertiary/aromatic N) is 2. The van der Waals surface area contributed by atoms with Crippen molar-refractivity contribution in [1.82, 2.24) is 8.96 Å². The average Bonchev–Trinajstić information content (AvgIpc) is 3.02. The Bertz CT molecular complexity index is 1130. The zero-order valence-corrected chi connectivity index (χ0v) is 14.4. The van der Waals surface area contributed by atoms with Crippen LogP contribution in [-0.2, 0) is 0 Å². The Hall–Kier alpha value is -2.87. The average molecular weight is 320 g/mol. The van der Waals surface area contributed by atoms with Crippen LogP contribution >= 0.6 is 0 Å². The van der Waals surface area contributed by atoms with Crippen molar-refractivity contribution in [2.75, 3.05) is 0 Å². The first-order valence-corrected chi connectivity index (χ1v) is 8.00. The molecule has 0 spiro atoms. The van der Waals surface area contributed by atoms with E-state index in [9.17, 15) is 0 Å². The minimum Gasteiger partial charge on any atom is -0.400 e. The Morgan fingerprint density at radius 1 is 0.920 bits per heavy atom. The standard InChI is InChI=1S/C21H18B2N2/c1-5-10-15-18(11-6-2)24(22)14(4)20(15)21-16-12-8-9-13-19(16)25(23)17(21)7-3/h5-13H,1-3H2,4H3/b15-10+,18-11+. The Balaban J connectivity index is 2.62. The second kappa shape index (κ2) is 6.56. The lowest BCUT2D eigenvalue weighted by Gasteiger charge is -2.05. The van der Waals surface area contributed by atoms with Crippen LogP contribution in [0.3, 0.4) is 0 Å². The van der Waals surface area contributed by atoms with Crippen molar-refractivity contribution in [1.29, 1.82) is 0 Å². The molecule has 118 valence electrons. The highest BCUT2D eigenvalue weighted by molar-refractivity contribution is 6.17. The number of fused-ring (bicyclic) bond motifs is 1. The van der Waals surface area contributed by atoms with E-state index >= 15 is 0 Å². The number of para-hydroxylation sites is 1. The van der Waals surface area contributed by atoms with E-state index in [1.165, 1.54) is 0 Å². The van der Waals surface area contributed by atoms with E-state index < -0.39 is 0 Å². The smallest absolute Gasteiger partial charge is 0.234 e. The first kappa shape index (κ1) is 17.0. The molecular weight excluding hydrogens is 302 g/mol. The molecule has 4 radical (unpaired) electrons.